The molecule has 1 amide bonds. The highest BCUT2D eigenvalue weighted by molar-refractivity contribution is 5.96. The fourth-order valence-corrected chi connectivity index (χ4v) is 3.38. The highest BCUT2D eigenvalue weighted by Gasteiger charge is 2.19. The molecule has 0 unspecified atom stereocenters. The van der Waals surface area contributed by atoms with E-state index in [1.54, 1.807) is 42.3 Å². The van der Waals surface area contributed by atoms with Gasteiger partial charge in [0.2, 0.25) is 5.88 Å². The number of rotatable bonds is 9. The highest BCUT2D eigenvalue weighted by Crippen LogP contribution is 2.21. The average molecular weight is 463 g/mol. The van der Waals surface area contributed by atoms with Crippen LogP contribution in [-0.4, -0.2) is 22.8 Å². The molecule has 3 aromatic carbocycles. The first-order valence-corrected chi connectivity index (χ1v) is 10.6. The van der Waals surface area contributed by atoms with Crippen LogP contribution < -0.4 is 14.8 Å². The zero-order chi connectivity index (χ0) is 23.9. The zero-order valence-corrected chi connectivity index (χ0v) is 18.5. The van der Waals surface area contributed by atoms with Crippen LogP contribution in [0.5, 0.6) is 11.6 Å². The molecule has 4 rings (SSSR count). The summed E-state index contributed by atoms with van der Waals surface area (Å²) in [5, 5.41) is 7.28. The number of benzene rings is 3. The monoisotopic (exact) mass is 463 g/mol. The molecule has 1 aromatic heterocycles. The normalized spacial score (nSPS) is 10.7. The maximum Gasteiger partial charge on any atom is 0.258 e. The minimum atomic E-state index is -0.370. The SMILES string of the molecule is COc1ccccc1CNC(=O)c1cn(Cc2ccc(F)cc2)nc1OCc1ccc(F)cc1. The number of aromatic nitrogens is 2. The second-order valence-corrected chi connectivity index (χ2v) is 7.58. The number of methoxy groups -OCH3 is 1. The Morgan fingerprint density at radius 1 is 0.941 bits per heavy atom. The van der Waals surface area contributed by atoms with Crippen molar-refractivity contribution in [2.24, 2.45) is 0 Å². The van der Waals surface area contributed by atoms with Crippen LogP contribution >= 0.6 is 0 Å². The van der Waals surface area contributed by atoms with Crippen LogP contribution in [0.4, 0.5) is 8.78 Å². The Bertz CT molecular complexity index is 1260. The largest absolute Gasteiger partial charge is 0.496 e. The van der Waals surface area contributed by atoms with Crippen molar-refractivity contribution in [3.63, 3.8) is 0 Å². The average Bonchev–Trinajstić information content (AvgIpc) is 3.26. The predicted molar refractivity (Wildman–Crippen MR) is 123 cm³/mol. The van der Waals surface area contributed by atoms with Crippen molar-refractivity contribution in [1.29, 1.82) is 0 Å². The van der Waals surface area contributed by atoms with E-state index in [4.69, 9.17) is 9.47 Å². The third-order valence-corrected chi connectivity index (χ3v) is 5.15. The number of carbonyl (C=O) groups is 1. The topological polar surface area (TPSA) is 65.4 Å². The fourth-order valence-electron chi connectivity index (χ4n) is 3.38. The van der Waals surface area contributed by atoms with Gasteiger partial charge in [0.1, 0.15) is 29.6 Å². The number of nitrogens with one attached hydrogen (secondary N) is 1. The summed E-state index contributed by atoms with van der Waals surface area (Å²) in [5.41, 5.74) is 2.62. The first kappa shape index (κ1) is 23.0. The van der Waals surface area contributed by atoms with Gasteiger partial charge in [-0.05, 0) is 41.5 Å². The molecule has 0 bridgehead atoms. The van der Waals surface area contributed by atoms with E-state index in [1.807, 2.05) is 24.3 Å². The minimum absolute atomic E-state index is 0.112. The van der Waals surface area contributed by atoms with Crippen molar-refractivity contribution in [1.82, 2.24) is 15.1 Å². The smallest absolute Gasteiger partial charge is 0.258 e. The van der Waals surface area contributed by atoms with Gasteiger partial charge in [-0.2, -0.15) is 0 Å². The molecule has 0 aliphatic carbocycles. The first-order valence-electron chi connectivity index (χ1n) is 10.6. The first-order chi connectivity index (χ1) is 16.5. The zero-order valence-electron chi connectivity index (χ0n) is 18.5. The van der Waals surface area contributed by atoms with Gasteiger partial charge < -0.3 is 14.8 Å². The van der Waals surface area contributed by atoms with Crippen molar-refractivity contribution in [2.75, 3.05) is 7.11 Å². The van der Waals surface area contributed by atoms with E-state index in [9.17, 15) is 13.6 Å². The maximum absolute atomic E-state index is 13.2. The van der Waals surface area contributed by atoms with Crippen LogP contribution in [0.25, 0.3) is 0 Å². The van der Waals surface area contributed by atoms with Gasteiger partial charge in [0.15, 0.2) is 0 Å². The number of para-hydroxylation sites is 1. The van der Waals surface area contributed by atoms with Gasteiger partial charge >= 0.3 is 0 Å². The summed E-state index contributed by atoms with van der Waals surface area (Å²) in [6, 6.07) is 19.3. The van der Waals surface area contributed by atoms with Gasteiger partial charge in [-0.25, -0.2) is 8.78 Å². The van der Waals surface area contributed by atoms with E-state index < -0.39 is 0 Å². The van der Waals surface area contributed by atoms with E-state index in [0.29, 0.717) is 12.3 Å². The van der Waals surface area contributed by atoms with Crippen LogP contribution in [0.2, 0.25) is 0 Å². The van der Waals surface area contributed by atoms with Gasteiger partial charge in [0.25, 0.3) is 5.91 Å². The summed E-state index contributed by atoms with van der Waals surface area (Å²) >= 11 is 0. The van der Waals surface area contributed by atoms with Crippen molar-refractivity contribution in [3.8, 4) is 11.6 Å². The van der Waals surface area contributed by atoms with Gasteiger partial charge in [-0.3, -0.25) is 9.48 Å². The minimum Gasteiger partial charge on any atom is -0.496 e. The van der Waals surface area contributed by atoms with Crippen molar-refractivity contribution >= 4 is 5.91 Å². The molecule has 8 heteroatoms. The predicted octanol–water partition coefficient (Wildman–Crippen LogP) is 4.73. The van der Waals surface area contributed by atoms with Crippen molar-refractivity contribution in [2.45, 2.75) is 19.7 Å². The van der Waals surface area contributed by atoms with Gasteiger partial charge in [-0.1, -0.05) is 42.5 Å². The Labute approximate surface area is 195 Å². The Balaban J connectivity index is 1.53. The summed E-state index contributed by atoms with van der Waals surface area (Å²) in [7, 11) is 1.57. The van der Waals surface area contributed by atoms with E-state index in [2.05, 4.69) is 10.4 Å². The lowest BCUT2D eigenvalue weighted by atomic mass is 10.2. The lowest BCUT2D eigenvalue weighted by Gasteiger charge is -2.10. The summed E-state index contributed by atoms with van der Waals surface area (Å²) in [4.78, 5) is 13.0. The molecule has 0 saturated carbocycles. The standard InChI is InChI=1S/C26H23F2N3O3/c1-33-24-5-3-2-4-20(24)14-29-25(32)23-16-31(15-18-6-10-21(27)11-7-18)30-26(23)34-17-19-8-12-22(28)13-9-19/h2-13,16H,14-15,17H2,1H3,(H,29,32). The molecule has 34 heavy (non-hydrogen) atoms. The fraction of sp³-hybridized carbons (Fsp3) is 0.154. The Kier molecular flexibility index (Phi) is 7.17. The number of nitrogens with zero attached hydrogens (tertiary/aromatic N) is 2. The molecule has 1 heterocycles. The summed E-state index contributed by atoms with van der Waals surface area (Å²) in [6.07, 6.45) is 1.58. The van der Waals surface area contributed by atoms with Crippen LogP contribution in [0.1, 0.15) is 27.0 Å². The molecule has 4 aromatic rings. The van der Waals surface area contributed by atoms with E-state index >= 15 is 0 Å². The number of halogens is 2. The second-order valence-electron chi connectivity index (χ2n) is 7.58. The quantitative estimate of drug-likeness (QED) is 0.390. The molecule has 0 saturated heterocycles. The van der Waals surface area contributed by atoms with Crippen LogP contribution in [0, 0.1) is 11.6 Å². The molecule has 174 valence electrons. The van der Waals surface area contributed by atoms with Crippen LogP contribution in [-0.2, 0) is 19.7 Å². The van der Waals surface area contributed by atoms with Gasteiger partial charge in [0.05, 0.1) is 13.7 Å². The van der Waals surface area contributed by atoms with Crippen LogP contribution in [0.15, 0.2) is 79.0 Å². The Hall–Kier alpha value is -4.20. The molecule has 0 aliphatic heterocycles. The number of amides is 1. The Morgan fingerprint density at radius 3 is 2.26 bits per heavy atom. The molecule has 1 N–H and O–H groups in total. The lowest BCUT2D eigenvalue weighted by Crippen LogP contribution is -2.23. The van der Waals surface area contributed by atoms with Crippen molar-refractivity contribution < 1.29 is 23.0 Å². The third kappa shape index (κ3) is 5.78. The molecular weight excluding hydrogens is 440 g/mol. The number of hydrogen-bond donors (Lipinski definition) is 1. The molecular formula is C26H23F2N3O3. The Morgan fingerprint density at radius 2 is 1.59 bits per heavy atom. The summed E-state index contributed by atoms with van der Waals surface area (Å²) in [6.45, 7) is 0.691. The summed E-state index contributed by atoms with van der Waals surface area (Å²) < 4.78 is 39.1. The van der Waals surface area contributed by atoms with E-state index in [1.165, 1.54) is 24.3 Å². The van der Waals surface area contributed by atoms with Gasteiger partial charge in [-0.15, -0.1) is 5.10 Å². The summed E-state index contributed by atoms with van der Waals surface area (Å²) in [5.74, 6) is -0.232. The number of hydrogen-bond acceptors (Lipinski definition) is 4. The molecule has 0 radical (unpaired) electrons. The number of ether oxygens (including phenoxy) is 2. The highest BCUT2D eigenvalue weighted by atomic mass is 19.1. The van der Waals surface area contributed by atoms with Crippen molar-refractivity contribution in [3.05, 3.63) is 113 Å². The lowest BCUT2D eigenvalue weighted by molar-refractivity contribution is 0.0946. The van der Waals surface area contributed by atoms with E-state index in [-0.39, 0.29) is 42.1 Å². The molecule has 0 fully saturated rings. The molecule has 0 atom stereocenters. The molecule has 0 spiro atoms. The third-order valence-electron chi connectivity index (χ3n) is 5.15. The maximum atomic E-state index is 13.2. The molecule has 0 aliphatic rings. The van der Waals surface area contributed by atoms with Crippen LogP contribution in [0.3, 0.4) is 0 Å². The number of carbonyl (C=O) groups excluding carboxylic acids is 1. The van der Waals surface area contributed by atoms with Gasteiger partial charge in [0, 0.05) is 18.3 Å². The van der Waals surface area contributed by atoms with E-state index in [0.717, 1.165) is 16.7 Å². The second kappa shape index (κ2) is 10.6. The molecule has 6 nitrogen and oxygen atoms in total.